The van der Waals surface area contributed by atoms with Crippen LogP contribution in [0.4, 0.5) is 0 Å². The minimum atomic E-state index is 0.0952. The molecule has 6 heteroatoms. The number of ether oxygens (including phenoxy) is 1. The number of carbonyl (C=O) groups excluding carboxylic acids is 1. The van der Waals surface area contributed by atoms with Crippen LogP contribution in [0.15, 0.2) is 55.0 Å². The maximum absolute atomic E-state index is 11.4. The van der Waals surface area contributed by atoms with Crippen LogP contribution in [0.1, 0.15) is 12.1 Å². The van der Waals surface area contributed by atoms with Gasteiger partial charge < -0.3 is 14.5 Å². The van der Waals surface area contributed by atoms with E-state index < -0.39 is 0 Å². The average Bonchev–Trinajstić information content (AvgIpc) is 3.29. The van der Waals surface area contributed by atoms with Crippen LogP contribution >= 0.6 is 0 Å². The molecular formula is C22H20N4O2. The number of hydrogen-bond acceptors (Lipinski definition) is 4. The Labute approximate surface area is 162 Å². The third-order valence-electron chi connectivity index (χ3n) is 5.12. The number of carbonyl (C=O) groups is 1. The molecule has 1 N–H and O–H groups in total. The van der Waals surface area contributed by atoms with Gasteiger partial charge in [-0.05, 0) is 54.4 Å². The Morgan fingerprint density at radius 1 is 1.21 bits per heavy atom. The van der Waals surface area contributed by atoms with Gasteiger partial charge in [-0.3, -0.25) is 9.78 Å². The molecule has 0 bridgehead atoms. The summed E-state index contributed by atoms with van der Waals surface area (Å²) >= 11 is 0. The predicted molar refractivity (Wildman–Crippen MR) is 107 cm³/mol. The summed E-state index contributed by atoms with van der Waals surface area (Å²) < 4.78 is 8.19. The molecule has 28 heavy (non-hydrogen) atoms. The minimum absolute atomic E-state index is 0.0952. The van der Waals surface area contributed by atoms with E-state index in [-0.39, 0.29) is 11.8 Å². The molecule has 1 amide bonds. The molecule has 1 unspecified atom stereocenters. The van der Waals surface area contributed by atoms with Crippen molar-refractivity contribution in [1.82, 2.24) is 19.7 Å². The normalized spacial score (nSPS) is 16.6. The quantitative estimate of drug-likeness (QED) is 0.596. The molecule has 4 aromatic rings. The largest absolute Gasteiger partial charge is 0.492 e. The Kier molecular flexibility index (Phi) is 3.97. The molecule has 1 saturated heterocycles. The highest BCUT2D eigenvalue weighted by molar-refractivity contribution is 5.90. The second-order valence-electron chi connectivity index (χ2n) is 7.30. The third kappa shape index (κ3) is 3.07. The third-order valence-corrected chi connectivity index (χ3v) is 5.12. The first-order chi connectivity index (χ1) is 13.7. The highest BCUT2D eigenvalue weighted by Crippen LogP contribution is 2.32. The van der Waals surface area contributed by atoms with Gasteiger partial charge in [0.1, 0.15) is 11.4 Å². The van der Waals surface area contributed by atoms with Gasteiger partial charge in [0.2, 0.25) is 5.91 Å². The van der Waals surface area contributed by atoms with Crippen molar-refractivity contribution in [3.63, 3.8) is 0 Å². The first-order valence-electron chi connectivity index (χ1n) is 9.40. The van der Waals surface area contributed by atoms with Crippen molar-refractivity contribution in [1.29, 1.82) is 0 Å². The van der Waals surface area contributed by atoms with Crippen molar-refractivity contribution in [2.24, 2.45) is 5.92 Å². The number of imidazole rings is 1. The van der Waals surface area contributed by atoms with E-state index in [1.54, 1.807) is 6.20 Å². The van der Waals surface area contributed by atoms with Crippen LogP contribution in [0.5, 0.6) is 5.75 Å². The Balaban J connectivity index is 1.54. The molecule has 4 heterocycles. The summed E-state index contributed by atoms with van der Waals surface area (Å²) in [5.74, 6) is 1.09. The number of hydrogen-bond donors (Lipinski definition) is 1. The molecule has 0 saturated carbocycles. The van der Waals surface area contributed by atoms with Crippen molar-refractivity contribution in [3.05, 3.63) is 60.7 Å². The molecule has 3 aromatic heterocycles. The molecular weight excluding hydrogens is 352 g/mol. The zero-order valence-electron chi connectivity index (χ0n) is 15.6. The Morgan fingerprint density at radius 2 is 2.14 bits per heavy atom. The van der Waals surface area contributed by atoms with E-state index in [0.717, 1.165) is 39.1 Å². The molecule has 1 aliphatic rings. The fraction of sp³-hybridized carbons (Fsp3) is 0.227. The number of amides is 1. The van der Waals surface area contributed by atoms with Crippen molar-refractivity contribution in [3.8, 4) is 16.9 Å². The molecule has 0 aliphatic carbocycles. The lowest BCUT2D eigenvalue weighted by molar-refractivity contribution is -0.119. The van der Waals surface area contributed by atoms with Gasteiger partial charge in [0, 0.05) is 42.9 Å². The zero-order chi connectivity index (χ0) is 19.1. The van der Waals surface area contributed by atoms with Crippen LogP contribution in [0.25, 0.3) is 27.7 Å². The summed E-state index contributed by atoms with van der Waals surface area (Å²) in [6.07, 6.45) is 6.40. The van der Waals surface area contributed by atoms with E-state index in [1.807, 2.05) is 35.7 Å². The van der Waals surface area contributed by atoms with Crippen molar-refractivity contribution < 1.29 is 9.53 Å². The molecule has 1 aromatic carbocycles. The molecule has 1 aliphatic heterocycles. The van der Waals surface area contributed by atoms with Crippen molar-refractivity contribution in [2.45, 2.75) is 13.3 Å². The first-order valence-corrected chi connectivity index (χ1v) is 9.40. The van der Waals surface area contributed by atoms with Gasteiger partial charge in [-0.2, -0.15) is 0 Å². The van der Waals surface area contributed by atoms with Gasteiger partial charge in [0.25, 0.3) is 0 Å². The van der Waals surface area contributed by atoms with Crippen LogP contribution in [-0.2, 0) is 4.79 Å². The smallest absolute Gasteiger partial charge is 0.220 e. The van der Waals surface area contributed by atoms with Crippen LogP contribution in [-0.4, -0.2) is 33.4 Å². The number of nitrogens with one attached hydrogen (secondary N) is 1. The van der Waals surface area contributed by atoms with E-state index in [9.17, 15) is 4.79 Å². The van der Waals surface area contributed by atoms with Gasteiger partial charge in [-0.15, -0.1) is 0 Å². The summed E-state index contributed by atoms with van der Waals surface area (Å²) in [4.78, 5) is 20.4. The van der Waals surface area contributed by atoms with Crippen LogP contribution in [0, 0.1) is 12.8 Å². The predicted octanol–water partition coefficient (Wildman–Crippen LogP) is 3.37. The second kappa shape index (κ2) is 6.64. The maximum Gasteiger partial charge on any atom is 0.220 e. The molecule has 140 valence electrons. The Hall–Kier alpha value is -3.41. The molecule has 5 rings (SSSR count). The number of fused-ring (bicyclic) bond motifs is 2. The average molecular weight is 372 g/mol. The van der Waals surface area contributed by atoms with E-state index in [4.69, 9.17) is 4.74 Å². The number of pyridine rings is 2. The summed E-state index contributed by atoms with van der Waals surface area (Å²) in [6, 6.07) is 12.1. The van der Waals surface area contributed by atoms with Crippen molar-refractivity contribution >= 4 is 22.5 Å². The van der Waals surface area contributed by atoms with E-state index >= 15 is 0 Å². The molecule has 1 atom stereocenters. The minimum Gasteiger partial charge on any atom is -0.492 e. The van der Waals surface area contributed by atoms with Crippen LogP contribution in [0.3, 0.4) is 0 Å². The topological polar surface area (TPSA) is 68.5 Å². The summed E-state index contributed by atoms with van der Waals surface area (Å²) in [7, 11) is 0. The second-order valence-corrected chi connectivity index (χ2v) is 7.30. The lowest BCUT2D eigenvalue weighted by atomic mass is 10.0. The summed E-state index contributed by atoms with van der Waals surface area (Å²) in [6.45, 7) is 3.17. The van der Waals surface area contributed by atoms with Crippen LogP contribution < -0.4 is 10.1 Å². The Bertz CT molecular complexity index is 1200. The SMILES string of the molecule is Cc1cn2cc(-c3cc(OCC4CNC(=O)C4)c4cccnc4c3)ccc2n1. The molecule has 0 radical (unpaired) electrons. The number of aryl methyl sites for hydroxylation is 1. The lowest BCUT2D eigenvalue weighted by Crippen LogP contribution is -2.16. The molecule has 0 spiro atoms. The highest BCUT2D eigenvalue weighted by atomic mass is 16.5. The number of benzene rings is 1. The Morgan fingerprint density at radius 3 is 3.00 bits per heavy atom. The standard InChI is InChI=1S/C22H20N4O2/c1-14-11-26-12-16(4-5-21(26)25-14)17-8-19-18(3-2-6-23-19)20(9-17)28-13-15-7-22(27)24-10-15/h2-6,8-9,11-12,15H,7,10,13H2,1H3,(H,24,27). The zero-order valence-corrected chi connectivity index (χ0v) is 15.6. The summed E-state index contributed by atoms with van der Waals surface area (Å²) in [5, 5.41) is 3.83. The van der Waals surface area contributed by atoms with Gasteiger partial charge in [0.15, 0.2) is 0 Å². The maximum atomic E-state index is 11.4. The first kappa shape index (κ1) is 16.7. The number of rotatable bonds is 4. The molecule has 1 fully saturated rings. The fourth-order valence-corrected chi connectivity index (χ4v) is 3.71. The summed E-state index contributed by atoms with van der Waals surface area (Å²) in [5.41, 5.74) is 4.91. The lowest BCUT2D eigenvalue weighted by Gasteiger charge is -2.14. The van der Waals surface area contributed by atoms with E-state index in [0.29, 0.717) is 19.6 Å². The number of aromatic nitrogens is 3. The fourth-order valence-electron chi connectivity index (χ4n) is 3.71. The van der Waals surface area contributed by atoms with Gasteiger partial charge in [-0.25, -0.2) is 4.98 Å². The van der Waals surface area contributed by atoms with Crippen LogP contribution in [0.2, 0.25) is 0 Å². The van der Waals surface area contributed by atoms with E-state index in [2.05, 4.69) is 39.7 Å². The van der Waals surface area contributed by atoms with Gasteiger partial charge in [-0.1, -0.05) is 0 Å². The monoisotopic (exact) mass is 372 g/mol. The highest BCUT2D eigenvalue weighted by Gasteiger charge is 2.22. The number of nitrogens with zero attached hydrogens (tertiary/aromatic N) is 3. The molecule has 6 nitrogen and oxygen atoms in total. The van der Waals surface area contributed by atoms with Gasteiger partial charge >= 0.3 is 0 Å². The van der Waals surface area contributed by atoms with E-state index in [1.165, 1.54) is 0 Å². The van der Waals surface area contributed by atoms with Gasteiger partial charge in [0.05, 0.1) is 17.8 Å². The van der Waals surface area contributed by atoms with Crippen molar-refractivity contribution in [2.75, 3.05) is 13.2 Å².